The van der Waals surface area contributed by atoms with E-state index in [-0.39, 0.29) is 11.8 Å². The Labute approximate surface area is 126 Å². The Bertz CT molecular complexity index is 562. The number of hydrogen-bond donors (Lipinski definition) is 1. The highest BCUT2D eigenvalue weighted by molar-refractivity contribution is 7.92. The molecule has 0 bridgehead atoms. The lowest BCUT2D eigenvalue weighted by molar-refractivity contribution is -0.119. The lowest BCUT2D eigenvalue weighted by atomic mass is 9.91. The Balaban J connectivity index is 2.11. The highest BCUT2D eigenvalue weighted by Gasteiger charge is 2.28. The number of nitrogens with one attached hydrogen (secondary N) is 1. The molecule has 4 nitrogen and oxygen atoms in total. The third-order valence-corrected chi connectivity index (χ3v) is 5.72. The van der Waals surface area contributed by atoms with Gasteiger partial charge in [0.1, 0.15) is 5.75 Å². The van der Waals surface area contributed by atoms with Gasteiger partial charge in [-0.2, -0.15) is 0 Å². The number of amides is 1. The van der Waals surface area contributed by atoms with Crippen LogP contribution in [0, 0.1) is 5.92 Å². The summed E-state index contributed by atoms with van der Waals surface area (Å²) in [6, 6.07) is 9.76. The van der Waals surface area contributed by atoms with Crippen LogP contribution in [0.3, 0.4) is 0 Å². The SMILES string of the molecule is CCS(=O)(=O)CC(=O)N[C@@H](c1ccccc1)C1CCCC1. The molecular weight excluding hydrogens is 286 g/mol. The van der Waals surface area contributed by atoms with Crippen LogP contribution in [-0.4, -0.2) is 25.8 Å². The van der Waals surface area contributed by atoms with Gasteiger partial charge < -0.3 is 5.32 Å². The van der Waals surface area contributed by atoms with Crippen molar-refractivity contribution in [3.05, 3.63) is 35.9 Å². The van der Waals surface area contributed by atoms with Crippen LogP contribution in [0.2, 0.25) is 0 Å². The van der Waals surface area contributed by atoms with Gasteiger partial charge in [0, 0.05) is 5.75 Å². The summed E-state index contributed by atoms with van der Waals surface area (Å²) in [6.07, 6.45) is 4.52. The Kier molecular flexibility index (Phi) is 5.39. The van der Waals surface area contributed by atoms with Crippen LogP contribution >= 0.6 is 0 Å². The van der Waals surface area contributed by atoms with Gasteiger partial charge in [-0.05, 0) is 24.3 Å². The van der Waals surface area contributed by atoms with Gasteiger partial charge in [0.05, 0.1) is 6.04 Å². The summed E-state index contributed by atoms with van der Waals surface area (Å²) in [5.74, 6) is -0.405. The van der Waals surface area contributed by atoms with Gasteiger partial charge in [-0.1, -0.05) is 50.1 Å². The van der Waals surface area contributed by atoms with Crippen LogP contribution in [-0.2, 0) is 14.6 Å². The van der Waals surface area contributed by atoms with Crippen molar-refractivity contribution in [1.82, 2.24) is 5.32 Å². The molecule has 1 aliphatic carbocycles. The van der Waals surface area contributed by atoms with Gasteiger partial charge in [0.2, 0.25) is 5.91 Å². The van der Waals surface area contributed by atoms with Crippen molar-refractivity contribution in [2.75, 3.05) is 11.5 Å². The molecule has 5 heteroatoms. The molecule has 0 unspecified atom stereocenters. The largest absolute Gasteiger partial charge is 0.348 e. The number of carbonyl (C=O) groups excluding carboxylic acids is 1. The van der Waals surface area contributed by atoms with Gasteiger partial charge in [-0.3, -0.25) is 4.79 Å². The second-order valence-corrected chi connectivity index (χ2v) is 8.03. The van der Waals surface area contributed by atoms with Crippen molar-refractivity contribution >= 4 is 15.7 Å². The molecule has 2 rings (SSSR count). The average molecular weight is 309 g/mol. The standard InChI is InChI=1S/C16H23NO3S/c1-2-21(19,20)12-15(18)17-16(14-10-6-7-11-14)13-8-4-3-5-9-13/h3-5,8-9,14,16H,2,6-7,10-12H2,1H3,(H,17,18)/t16-/m0/s1. The number of carbonyl (C=O) groups is 1. The van der Waals surface area contributed by atoms with E-state index in [1.165, 1.54) is 12.8 Å². The van der Waals surface area contributed by atoms with E-state index >= 15 is 0 Å². The molecule has 1 saturated carbocycles. The van der Waals surface area contributed by atoms with E-state index in [4.69, 9.17) is 0 Å². The monoisotopic (exact) mass is 309 g/mol. The minimum Gasteiger partial charge on any atom is -0.348 e. The molecule has 1 aromatic carbocycles. The van der Waals surface area contributed by atoms with Crippen LogP contribution in [0.25, 0.3) is 0 Å². The fourth-order valence-corrected chi connectivity index (χ4v) is 3.63. The zero-order valence-corrected chi connectivity index (χ0v) is 13.2. The van der Waals surface area contributed by atoms with Crippen LogP contribution in [0.4, 0.5) is 0 Å². The first-order valence-corrected chi connectivity index (χ1v) is 9.38. The fourth-order valence-electron chi connectivity index (χ4n) is 2.94. The van der Waals surface area contributed by atoms with Gasteiger partial charge in [0.25, 0.3) is 0 Å². The molecule has 0 saturated heterocycles. The summed E-state index contributed by atoms with van der Waals surface area (Å²) >= 11 is 0. The first-order chi connectivity index (χ1) is 10.0. The number of rotatable bonds is 6. The summed E-state index contributed by atoms with van der Waals surface area (Å²) in [7, 11) is -3.28. The first-order valence-electron chi connectivity index (χ1n) is 7.56. The highest BCUT2D eigenvalue weighted by atomic mass is 32.2. The molecule has 0 aromatic heterocycles. The summed E-state index contributed by atoms with van der Waals surface area (Å²) in [5, 5.41) is 2.95. The van der Waals surface area contributed by atoms with Gasteiger partial charge in [-0.15, -0.1) is 0 Å². The van der Waals surface area contributed by atoms with E-state index in [2.05, 4.69) is 5.32 Å². The molecule has 21 heavy (non-hydrogen) atoms. The molecule has 1 aromatic rings. The molecule has 116 valence electrons. The van der Waals surface area contributed by atoms with Crippen molar-refractivity contribution < 1.29 is 13.2 Å². The van der Waals surface area contributed by atoms with Crippen LogP contribution in [0.15, 0.2) is 30.3 Å². The number of sulfone groups is 1. The van der Waals surface area contributed by atoms with Crippen molar-refractivity contribution in [1.29, 1.82) is 0 Å². The van der Waals surface area contributed by atoms with Crippen molar-refractivity contribution in [2.24, 2.45) is 5.92 Å². The van der Waals surface area contributed by atoms with Crippen LogP contribution in [0.1, 0.15) is 44.2 Å². The summed E-state index contributed by atoms with van der Waals surface area (Å²) in [5.41, 5.74) is 1.06. The average Bonchev–Trinajstić information content (AvgIpc) is 2.99. The quantitative estimate of drug-likeness (QED) is 0.878. The van der Waals surface area contributed by atoms with Gasteiger partial charge >= 0.3 is 0 Å². The lowest BCUT2D eigenvalue weighted by Gasteiger charge is -2.25. The Morgan fingerprint density at radius 1 is 1.24 bits per heavy atom. The van der Waals surface area contributed by atoms with Crippen molar-refractivity contribution in [3.63, 3.8) is 0 Å². The molecule has 1 amide bonds. The second-order valence-electron chi connectivity index (χ2n) is 5.68. The second kappa shape index (κ2) is 7.07. The zero-order valence-electron chi connectivity index (χ0n) is 12.4. The van der Waals surface area contributed by atoms with Crippen LogP contribution in [0.5, 0.6) is 0 Å². The molecule has 1 aliphatic rings. The van der Waals surface area contributed by atoms with E-state index in [9.17, 15) is 13.2 Å². The normalized spacial score (nSPS) is 17.6. The molecule has 0 heterocycles. The maximum Gasteiger partial charge on any atom is 0.235 e. The van der Waals surface area contributed by atoms with E-state index in [0.717, 1.165) is 18.4 Å². The zero-order chi connectivity index (χ0) is 15.3. The fraction of sp³-hybridized carbons (Fsp3) is 0.562. The molecule has 0 aliphatic heterocycles. The first kappa shape index (κ1) is 16.0. The van der Waals surface area contributed by atoms with E-state index in [1.54, 1.807) is 6.92 Å². The van der Waals surface area contributed by atoms with Crippen LogP contribution < -0.4 is 5.32 Å². The topological polar surface area (TPSA) is 63.2 Å². The van der Waals surface area contributed by atoms with Crippen molar-refractivity contribution in [2.45, 2.75) is 38.6 Å². The predicted octanol–water partition coefficient (Wildman–Crippen LogP) is 2.47. The van der Waals surface area contributed by atoms with Gasteiger partial charge in [-0.25, -0.2) is 8.42 Å². The van der Waals surface area contributed by atoms with Gasteiger partial charge in [0.15, 0.2) is 9.84 Å². The Morgan fingerprint density at radius 2 is 1.86 bits per heavy atom. The maximum absolute atomic E-state index is 12.1. The molecule has 0 radical (unpaired) electrons. The molecule has 0 spiro atoms. The Hall–Kier alpha value is -1.36. The third-order valence-electron chi connectivity index (χ3n) is 4.14. The minimum atomic E-state index is -3.28. The molecule has 1 atom stereocenters. The summed E-state index contributed by atoms with van der Waals surface area (Å²) < 4.78 is 23.2. The molecule has 1 N–H and O–H groups in total. The van der Waals surface area contributed by atoms with E-state index in [1.807, 2.05) is 30.3 Å². The summed E-state index contributed by atoms with van der Waals surface area (Å²) in [6.45, 7) is 1.56. The van der Waals surface area contributed by atoms with Crippen molar-refractivity contribution in [3.8, 4) is 0 Å². The lowest BCUT2D eigenvalue weighted by Crippen LogP contribution is -2.36. The smallest absolute Gasteiger partial charge is 0.235 e. The third kappa shape index (κ3) is 4.56. The number of hydrogen-bond acceptors (Lipinski definition) is 3. The summed E-state index contributed by atoms with van der Waals surface area (Å²) in [4.78, 5) is 12.1. The molecule has 1 fully saturated rings. The predicted molar refractivity (Wildman–Crippen MR) is 83.6 cm³/mol. The number of benzene rings is 1. The van der Waals surface area contributed by atoms with E-state index < -0.39 is 21.5 Å². The minimum absolute atomic E-state index is 0.000147. The van der Waals surface area contributed by atoms with E-state index in [0.29, 0.717) is 5.92 Å². The maximum atomic E-state index is 12.1. The highest BCUT2D eigenvalue weighted by Crippen LogP contribution is 2.35. The Morgan fingerprint density at radius 3 is 2.43 bits per heavy atom. The molecular formula is C16H23NO3S.